The van der Waals surface area contributed by atoms with E-state index in [9.17, 15) is 19.1 Å². The number of aliphatic imine (C=N–C) groups is 1. The van der Waals surface area contributed by atoms with E-state index < -0.39 is 17.5 Å². The Morgan fingerprint density at radius 3 is 2.92 bits per heavy atom. The van der Waals surface area contributed by atoms with E-state index in [2.05, 4.69) is 15.3 Å². The minimum absolute atomic E-state index is 0.0365. The monoisotopic (exact) mass is 364 g/mol. The third-order valence-electron chi connectivity index (χ3n) is 3.45. The van der Waals surface area contributed by atoms with Crippen LogP contribution in [0.1, 0.15) is 9.67 Å². The maximum Gasteiger partial charge on any atom is 0.354 e. The van der Waals surface area contributed by atoms with Crippen molar-refractivity contribution in [1.82, 2.24) is 9.55 Å². The van der Waals surface area contributed by atoms with Gasteiger partial charge in [-0.25, -0.2) is 19.0 Å². The Hall–Kier alpha value is -2.78. The molecule has 0 aliphatic carbocycles. The lowest BCUT2D eigenvalue weighted by atomic mass is 10.2. The summed E-state index contributed by atoms with van der Waals surface area (Å²) in [5, 5.41) is 13.0. The number of nitrogens with one attached hydrogen (secondary N) is 1. The van der Waals surface area contributed by atoms with E-state index in [1.54, 1.807) is 0 Å². The van der Waals surface area contributed by atoms with Gasteiger partial charge in [0, 0.05) is 0 Å². The molecule has 1 aliphatic rings. The summed E-state index contributed by atoms with van der Waals surface area (Å²) in [5.74, 6) is -1.57. The lowest BCUT2D eigenvalue weighted by Gasteiger charge is -2.13. The normalized spacial score (nSPS) is 12.4. The Morgan fingerprint density at radius 1 is 1.42 bits per heavy atom. The molecule has 1 aliphatic heterocycles. The fourth-order valence-electron chi connectivity index (χ4n) is 2.51. The summed E-state index contributed by atoms with van der Waals surface area (Å²) in [6.07, 6.45) is 1.33. The number of halogens is 2. The first-order chi connectivity index (χ1) is 11.5. The molecule has 3 aromatic rings. The van der Waals surface area contributed by atoms with Crippen LogP contribution in [0.3, 0.4) is 0 Å². The molecule has 0 amide bonds. The molecule has 24 heavy (non-hydrogen) atoms. The minimum Gasteiger partial charge on any atom is -0.477 e. The molecule has 0 fully saturated rings. The molecule has 10 heteroatoms. The highest BCUT2D eigenvalue weighted by Crippen LogP contribution is 2.43. The average Bonchev–Trinajstić information content (AvgIpc) is 2.90. The summed E-state index contributed by atoms with van der Waals surface area (Å²) in [7, 11) is 0. The average molecular weight is 365 g/mol. The van der Waals surface area contributed by atoms with Crippen LogP contribution in [0.2, 0.25) is 5.02 Å². The molecule has 0 radical (unpaired) electrons. The van der Waals surface area contributed by atoms with Crippen molar-refractivity contribution in [3.8, 4) is 5.69 Å². The highest BCUT2D eigenvalue weighted by Gasteiger charge is 2.27. The van der Waals surface area contributed by atoms with Gasteiger partial charge in [0.15, 0.2) is 0 Å². The Bertz CT molecular complexity index is 1120. The Kier molecular flexibility index (Phi) is 3.15. The molecular weight excluding hydrogens is 359 g/mol. The van der Waals surface area contributed by atoms with Crippen LogP contribution in [0.5, 0.6) is 0 Å². The van der Waals surface area contributed by atoms with Gasteiger partial charge in [0.2, 0.25) is 0 Å². The standard InChI is InChI=1S/C14H6ClFN4O3S/c15-6-3-5(16)1-2-7(6)20-9-8-11(19-14(20)23)17-4-18-12(8)24-10(9)13(21)22/h1-4H,(H,21,22)(H,17,18,19,23). The molecule has 2 N–H and O–H groups in total. The minimum atomic E-state index is -1.21. The first-order valence-electron chi connectivity index (χ1n) is 6.54. The smallest absolute Gasteiger partial charge is 0.354 e. The SMILES string of the molecule is O=C(O)c1sc2c3c(nc(=O)n(-c4ccc(F)cc4Cl)c13)NC=N2. The van der Waals surface area contributed by atoms with Gasteiger partial charge < -0.3 is 10.4 Å². The van der Waals surface area contributed by atoms with Crippen molar-refractivity contribution in [3.05, 3.63) is 44.4 Å². The van der Waals surface area contributed by atoms with Gasteiger partial charge in [-0.05, 0) is 18.2 Å². The second-order valence-electron chi connectivity index (χ2n) is 4.84. The third kappa shape index (κ3) is 2.02. The topological polar surface area (TPSA) is 96.6 Å². The van der Waals surface area contributed by atoms with E-state index in [1.807, 2.05) is 0 Å². The first-order valence-corrected chi connectivity index (χ1v) is 7.74. The van der Waals surface area contributed by atoms with Crippen molar-refractivity contribution < 1.29 is 14.3 Å². The van der Waals surface area contributed by atoms with Crippen molar-refractivity contribution in [2.24, 2.45) is 4.99 Å². The van der Waals surface area contributed by atoms with Gasteiger partial charge in [-0.2, -0.15) is 4.98 Å². The Balaban J connectivity index is 2.21. The molecule has 7 nitrogen and oxygen atoms in total. The summed E-state index contributed by atoms with van der Waals surface area (Å²) < 4.78 is 14.4. The van der Waals surface area contributed by atoms with Gasteiger partial charge in [-0.1, -0.05) is 11.6 Å². The zero-order valence-corrected chi connectivity index (χ0v) is 13.2. The molecule has 120 valence electrons. The molecule has 2 aromatic heterocycles. The molecule has 0 unspecified atom stereocenters. The van der Waals surface area contributed by atoms with Crippen LogP contribution in [0.4, 0.5) is 15.2 Å². The molecule has 0 spiro atoms. The Labute approximate surface area is 141 Å². The first kappa shape index (κ1) is 14.8. The lowest BCUT2D eigenvalue weighted by molar-refractivity contribution is 0.0703. The second kappa shape index (κ2) is 5.11. The van der Waals surface area contributed by atoms with Crippen molar-refractivity contribution in [2.75, 3.05) is 5.32 Å². The number of aromatic carboxylic acids is 1. The van der Waals surface area contributed by atoms with Crippen LogP contribution >= 0.6 is 22.9 Å². The fourth-order valence-corrected chi connectivity index (χ4v) is 3.74. The van der Waals surface area contributed by atoms with Crippen molar-refractivity contribution in [1.29, 1.82) is 0 Å². The quantitative estimate of drug-likeness (QED) is 0.728. The van der Waals surface area contributed by atoms with E-state index in [-0.39, 0.29) is 26.9 Å². The largest absolute Gasteiger partial charge is 0.477 e. The number of thiophene rings is 1. The van der Waals surface area contributed by atoms with Crippen molar-refractivity contribution in [2.45, 2.75) is 0 Å². The number of benzene rings is 1. The van der Waals surface area contributed by atoms with Crippen molar-refractivity contribution >= 4 is 57.0 Å². The predicted octanol–water partition coefficient (Wildman–Crippen LogP) is 3.02. The molecule has 4 rings (SSSR count). The van der Waals surface area contributed by atoms with Crippen LogP contribution in [0, 0.1) is 5.82 Å². The van der Waals surface area contributed by atoms with Gasteiger partial charge in [-0.3, -0.25) is 4.57 Å². The summed E-state index contributed by atoms with van der Waals surface area (Å²) in [4.78, 5) is 32.0. The van der Waals surface area contributed by atoms with Gasteiger partial charge >= 0.3 is 11.7 Å². The van der Waals surface area contributed by atoms with Gasteiger partial charge in [0.05, 0.1) is 28.0 Å². The molecule has 0 bridgehead atoms. The van der Waals surface area contributed by atoms with E-state index in [1.165, 1.54) is 12.4 Å². The van der Waals surface area contributed by atoms with Crippen LogP contribution in [-0.2, 0) is 0 Å². The molecule has 1 aromatic carbocycles. The lowest BCUT2D eigenvalue weighted by Crippen LogP contribution is -2.24. The third-order valence-corrected chi connectivity index (χ3v) is 4.83. The van der Waals surface area contributed by atoms with Gasteiger partial charge in [0.1, 0.15) is 21.5 Å². The van der Waals surface area contributed by atoms with Gasteiger partial charge in [0.25, 0.3) is 0 Å². The predicted molar refractivity (Wildman–Crippen MR) is 88.9 cm³/mol. The number of nitrogens with zero attached hydrogens (tertiary/aromatic N) is 3. The molecule has 0 atom stereocenters. The van der Waals surface area contributed by atoms with E-state index in [0.29, 0.717) is 10.4 Å². The molecule has 0 saturated heterocycles. The highest BCUT2D eigenvalue weighted by molar-refractivity contribution is 7.19. The van der Waals surface area contributed by atoms with E-state index in [0.717, 1.165) is 28.0 Å². The number of anilines is 1. The maximum absolute atomic E-state index is 13.3. The number of rotatable bonds is 2. The molecular formula is C14H6ClFN4O3S. The summed E-state index contributed by atoms with van der Waals surface area (Å²) in [6, 6.07) is 3.47. The summed E-state index contributed by atoms with van der Waals surface area (Å²) in [5.41, 5.74) is -0.473. The number of hydrogen-bond acceptors (Lipinski definition) is 6. The summed E-state index contributed by atoms with van der Waals surface area (Å²) in [6.45, 7) is 0. The van der Waals surface area contributed by atoms with Crippen molar-refractivity contribution in [3.63, 3.8) is 0 Å². The number of carboxylic acid groups (broad SMARTS) is 1. The van der Waals surface area contributed by atoms with Gasteiger partial charge in [-0.15, -0.1) is 11.3 Å². The molecule has 3 heterocycles. The second-order valence-corrected chi connectivity index (χ2v) is 6.25. The number of aromatic nitrogens is 2. The van der Waals surface area contributed by atoms with Crippen LogP contribution in [0.15, 0.2) is 28.0 Å². The fraction of sp³-hybridized carbons (Fsp3) is 0. The Morgan fingerprint density at radius 2 is 2.21 bits per heavy atom. The van der Waals surface area contributed by atoms with Crippen LogP contribution in [-0.4, -0.2) is 27.0 Å². The zero-order chi connectivity index (χ0) is 17.0. The van der Waals surface area contributed by atoms with Crippen LogP contribution in [0.25, 0.3) is 16.6 Å². The number of carbonyl (C=O) groups is 1. The maximum atomic E-state index is 13.3. The number of carboxylic acids is 1. The molecule has 0 saturated carbocycles. The van der Waals surface area contributed by atoms with E-state index >= 15 is 0 Å². The summed E-state index contributed by atoms with van der Waals surface area (Å²) >= 11 is 6.96. The zero-order valence-electron chi connectivity index (χ0n) is 11.6. The highest BCUT2D eigenvalue weighted by atomic mass is 35.5. The number of hydrogen-bond donors (Lipinski definition) is 2. The van der Waals surface area contributed by atoms with Crippen LogP contribution < -0.4 is 11.0 Å². The van der Waals surface area contributed by atoms with E-state index in [4.69, 9.17) is 11.6 Å².